The second-order valence-corrected chi connectivity index (χ2v) is 6.06. The maximum Gasteiger partial charge on any atom is 0.241 e. The van der Waals surface area contributed by atoms with Gasteiger partial charge in [0.05, 0.1) is 6.04 Å². The molecule has 4 nitrogen and oxygen atoms in total. The van der Waals surface area contributed by atoms with Crippen LogP contribution in [-0.2, 0) is 11.3 Å². The Bertz CT molecular complexity index is 442. The number of carbonyl (C=O) groups is 1. The van der Waals surface area contributed by atoms with E-state index in [2.05, 4.69) is 34.6 Å². The molecule has 1 heterocycles. The number of benzene rings is 1. The number of amides is 1. The van der Waals surface area contributed by atoms with Crippen molar-refractivity contribution in [3.63, 3.8) is 0 Å². The summed E-state index contributed by atoms with van der Waals surface area (Å²) in [4.78, 5) is 14.3. The van der Waals surface area contributed by atoms with E-state index in [1.165, 1.54) is 5.56 Å². The van der Waals surface area contributed by atoms with E-state index in [0.717, 1.165) is 31.6 Å². The molecule has 1 amide bonds. The zero-order valence-electron chi connectivity index (χ0n) is 12.6. The Labute approximate surface area is 121 Å². The van der Waals surface area contributed by atoms with Gasteiger partial charge >= 0.3 is 0 Å². The fourth-order valence-electron chi connectivity index (χ4n) is 2.60. The fourth-order valence-corrected chi connectivity index (χ4v) is 2.60. The smallest absolute Gasteiger partial charge is 0.241 e. The monoisotopic (exact) mass is 275 g/mol. The molecule has 1 aromatic carbocycles. The molecule has 0 aliphatic carbocycles. The second kappa shape index (κ2) is 6.86. The molecule has 1 fully saturated rings. The van der Waals surface area contributed by atoms with Crippen molar-refractivity contribution in [3.05, 3.63) is 29.8 Å². The summed E-state index contributed by atoms with van der Waals surface area (Å²) in [5, 5.41) is 6.29. The van der Waals surface area contributed by atoms with E-state index in [1.54, 1.807) is 0 Å². The minimum absolute atomic E-state index is 0.0554. The van der Waals surface area contributed by atoms with Gasteiger partial charge in [-0.25, -0.2) is 0 Å². The lowest BCUT2D eigenvalue weighted by molar-refractivity contribution is -0.119. The van der Waals surface area contributed by atoms with E-state index < -0.39 is 0 Å². The molecular formula is C16H25N3O. The lowest BCUT2D eigenvalue weighted by Gasteiger charge is -2.27. The average molecular weight is 275 g/mol. The highest BCUT2D eigenvalue weighted by molar-refractivity contribution is 5.94. The zero-order chi connectivity index (χ0) is 14.5. The van der Waals surface area contributed by atoms with Gasteiger partial charge < -0.3 is 15.5 Å². The third kappa shape index (κ3) is 4.32. The molecule has 2 rings (SSSR count). The Hall–Kier alpha value is -1.39. The first-order chi connectivity index (χ1) is 9.54. The molecule has 0 saturated carbocycles. The molecule has 2 N–H and O–H groups in total. The van der Waals surface area contributed by atoms with Crippen LogP contribution in [0, 0.1) is 5.92 Å². The number of rotatable bonds is 4. The molecule has 2 atom stereocenters. The van der Waals surface area contributed by atoms with Crippen LogP contribution in [0.4, 0.5) is 5.69 Å². The number of anilines is 1. The molecule has 20 heavy (non-hydrogen) atoms. The van der Waals surface area contributed by atoms with Crippen molar-refractivity contribution in [2.75, 3.05) is 26.0 Å². The van der Waals surface area contributed by atoms with Crippen LogP contribution in [0.3, 0.4) is 0 Å². The van der Waals surface area contributed by atoms with E-state index >= 15 is 0 Å². The van der Waals surface area contributed by atoms with Gasteiger partial charge in [0, 0.05) is 12.2 Å². The predicted octanol–water partition coefficient (Wildman–Crippen LogP) is 2.07. The molecule has 0 aromatic heterocycles. The molecule has 1 aromatic rings. The van der Waals surface area contributed by atoms with Gasteiger partial charge in [0.25, 0.3) is 0 Å². The van der Waals surface area contributed by atoms with E-state index in [-0.39, 0.29) is 11.9 Å². The minimum atomic E-state index is -0.0554. The van der Waals surface area contributed by atoms with Gasteiger partial charge in [0.15, 0.2) is 0 Å². The summed E-state index contributed by atoms with van der Waals surface area (Å²) in [6.07, 6.45) is 2.08. The van der Waals surface area contributed by atoms with Crippen molar-refractivity contribution in [1.29, 1.82) is 0 Å². The molecule has 1 saturated heterocycles. The van der Waals surface area contributed by atoms with Crippen LogP contribution in [0.1, 0.15) is 25.3 Å². The highest BCUT2D eigenvalue weighted by Gasteiger charge is 2.24. The van der Waals surface area contributed by atoms with Gasteiger partial charge in [0.2, 0.25) is 5.91 Å². The number of hydrogen-bond donors (Lipinski definition) is 2. The summed E-state index contributed by atoms with van der Waals surface area (Å²) in [6, 6.07) is 8.02. The fraction of sp³-hybridized carbons (Fsp3) is 0.562. The van der Waals surface area contributed by atoms with Crippen molar-refractivity contribution < 1.29 is 4.79 Å². The van der Waals surface area contributed by atoms with Gasteiger partial charge in [-0.1, -0.05) is 19.1 Å². The van der Waals surface area contributed by atoms with Crippen molar-refractivity contribution >= 4 is 11.6 Å². The Morgan fingerprint density at radius 3 is 2.65 bits per heavy atom. The van der Waals surface area contributed by atoms with E-state index in [4.69, 9.17) is 0 Å². The van der Waals surface area contributed by atoms with Gasteiger partial charge in [-0.15, -0.1) is 0 Å². The maximum absolute atomic E-state index is 12.2. The maximum atomic E-state index is 12.2. The molecular weight excluding hydrogens is 250 g/mol. The Morgan fingerprint density at radius 2 is 2.05 bits per heavy atom. The number of nitrogens with one attached hydrogen (secondary N) is 2. The van der Waals surface area contributed by atoms with Gasteiger partial charge in [-0.05, 0) is 57.1 Å². The van der Waals surface area contributed by atoms with E-state index in [1.807, 2.05) is 26.2 Å². The topological polar surface area (TPSA) is 44.4 Å². The summed E-state index contributed by atoms with van der Waals surface area (Å²) >= 11 is 0. The lowest BCUT2D eigenvalue weighted by atomic mass is 9.94. The van der Waals surface area contributed by atoms with E-state index in [0.29, 0.717) is 5.92 Å². The van der Waals surface area contributed by atoms with Crippen molar-refractivity contribution in [3.8, 4) is 0 Å². The molecule has 0 radical (unpaired) electrons. The molecule has 110 valence electrons. The van der Waals surface area contributed by atoms with Crippen LogP contribution in [0.15, 0.2) is 24.3 Å². The van der Waals surface area contributed by atoms with Crippen molar-refractivity contribution in [1.82, 2.24) is 10.2 Å². The highest BCUT2D eigenvalue weighted by atomic mass is 16.2. The summed E-state index contributed by atoms with van der Waals surface area (Å²) < 4.78 is 0. The first-order valence-corrected chi connectivity index (χ1v) is 7.32. The van der Waals surface area contributed by atoms with Crippen LogP contribution in [-0.4, -0.2) is 37.5 Å². The molecule has 4 heteroatoms. The third-order valence-electron chi connectivity index (χ3n) is 3.70. The Kier molecular flexibility index (Phi) is 5.15. The first-order valence-electron chi connectivity index (χ1n) is 7.32. The standard InChI is InChI=1S/C16H25N3O/c1-12-8-9-17-15(10-12)16(20)18-14-6-4-13(5-7-14)11-19(2)3/h4-7,12,15,17H,8-11H2,1-3H3,(H,18,20). The number of piperidine rings is 1. The molecule has 2 unspecified atom stereocenters. The Balaban J connectivity index is 1.90. The van der Waals surface area contributed by atoms with Gasteiger partial charge in [-0.2, -0.15) is 0 Å². The largest absolute Gasteiger partial charge is 0.325 e. The van der Waals surface area contributed by atoms with Crippen LogP contribution in [0.5, 0.6) is 0 Å². The zero-order valence-corrected chi connectivity index (χ0v) is 12.6. The van der Waals surface area contributed by atoms with Crippen LogP contribution in [0.25, 0.3) is 0 Å². The number of hydrogen-bond acceptors (Lipinski definition) is 3. The summed E-state index contributed by atoms with van der Waals surface area (Å²) in [6.45, 7) is 4.05. The predicted molar refractivity (Wildman–Crippen MR) is 82.7 cm³/mol. The molecule has 0 spiro atoms. The molecule has 0 bridgehead atoms. The summed E-state index contributed by atoms with van der Waals surface area (Å²) in [5.74, 6) is 0.700. The quantitative estimate of drug-likeness (QED) is 0.884. The first kappa shape index (κ1) is 15.0. The normalized spacial score (nSPS) is 22.8. The number of nitrogens with zero attached hydrogens (tertiary/aromatic N) is 1. The highest BCUT2D eigenvalue weighted by Crippen LogP contribution is 2.17. The lowest BCUT2D eigenvalue weighted by Crippen LogP contribution is -2.45. The third-order valence-corrected chi connectivity index (χ3v) is 3.70. The SMILES string of the molecule is CC1CCNC(C(=O)Nc2ccc(CN(C)C)cc2)C1. The van der Waals surface area contributed by atoms with Gasteiger partial charge in [0.1, 0.15) is 0 Å². The van der Waals surface area contributed by atoms with Crippen molar-refractivity contribution in [2.45, 2.75) is 32.4 Å². The van der Waals surface area contributed by atoms with Crippen LogP contribution >= 0.6 is 0 Å². The summed E-state index contributed by atoms with van der Waals surface area (Å²) in [7, 11) is 4.09. The molecule has 1 aliphatic heterocycles. The van der Waals surface area contributed by atoms with E-state index in [9.17, 15) is 4.79 Å². The molecule has 1 aliphatic rings. The van der Waals surface area contributed by atoms with Crippen LogP contribution in [0.2, 0.25) is 0 Å². The van der Waals surface area contributed by atoms with Gasteiger partial charge in [-0.3, -0.25) is 4.79 Å². The Morgan fingerprint density at radius 1 is 1.35 bits per heavy atom. The van der Waals surface area contributed by atoms with Crippen molar-refractivity contribution in [2.24, 2.45) is 5.92 Å². The average Bonchev–Trinajstić information content (AvgIpc) is 2.40. The minimum Gasteiger partial charge on any atom is -0.325 e. The van der Waals surface area contributed by atoms with Crippen LogP contribution < -0.4 is 10.6 Å². The summed E-state index contributed by atoms with van der Waals surface area (Å²) in [5.41, 5.74) is 2.12. The second-order valence-electron chi connectivity index (χ2n) is 6.06. The number of carbonyl (C=O) groups excluding carboxylic acids is 1.